The summed E-state index contributed by atoms with van der Waals surface area (Å²) in [4.78, 5) is 0. The van der Waals surface area contributed by atoms with Crippen molar-refractivity contribution < 1.29 is 4.74 Å². The molecule has 2 aromatic carbocycles. The van der Waals surface area contributed by atoms with Gasteiger partial charge in [0.2, 0.25) is 0 Å². The maximum atomic E-state index is 6.12. The molecule has 0 saturated carbocycles. The molecule has 0 aromatic heterocycles. The molecule has 0 aliphatic heterocycles. The average Bonchev–Trinajstić information content (AvgIpc) is 2.33. The average molecular weight is 333 g/mol. The highest BCUT2D eigenvalue weighted by Crippen LogP contribution is 2.31. The van der Waals surface area contributed by atoms with Crippen LogP contribution in [0.3, 0.4) is 0 Å². The van der Waals surface area contributed by atoms with Crippen LogP contribution in [0.15, 0.2) is 30.3 Å². The van der Waals surface area contributed by atoms with Gasteiger partial charge in [0.1, 0.15) is 11.5 Å². The summed E-state index contributed by atoms with van der Waals surface area (Å²) >= 11 is 3.49. The monoisotopic (exact) mass is 332 g/mol. The lowest BCUT2D eigenvalue weighted by atomic mass is 10.0. The molecule has 0 radical (unpaired) electrons. The molecule has 0 fully saturated rings. The maximum absolute atomic E-state index is 6.12. The van der Waals surface area contributed by atoms with E-state index in [4.69, 9.17) is 4.74 Å². The Morgan fingerprint density at radius 1 is 0.850 bits per heavy atom. The smallest absolute Gasteiger partial charge is 0.133 e. The largest absolute Gasteiger partial charge is 0.457 e. The first-order chi connectivity index (χ1) is 9.49. The number of benzene rings is 2. The number of hydrogen-bond donors (Lipinski definition) is 0. The summed E-state index contributed by atoms with van der Waals surface area (Å²) in [6, 6.07) is 10.8. The summed E-state index contributed by atoms with van der Waals surface area (Å²) in [5.41, 5.74) is 6.20. The lowest BCUT2D eigenvalue weighted by Crippen LogP contribution is -1.95. The van der Waals surface area contributed by atoms with Crippen LogP contribution in [0.1, 0.15) is 27.8 Å². The first-order valence-electron chi connectivity index (χ1n) is 6.92. The second kappa shape index (κ2) is 6.45. The van der Waals surface area contributed by atoms with Gasteiger partial charge in [-0.05, 0) is 74.1 Å². The highest BCUT2D eigenvalue weighted by atomic mass is 79.9. The van der Waals surface area contributed by atoms with Gasteiger partial charge in [0.15, 0.2) is 0 Å². The van der Waals surface area contributed by atoms with Gasteiger partial charge in [0.05, 0.1) is 0 Å². The maximum Gasteiger partial charge on any atom is 0.133 e. The minimum atomic E-state index is 0.918. The molecular weight excluding hydrogens is 312 g/mol. The van der Waals surface area contributed by atoms with Gasteiger partial charge in [0.25, 0.3) is 0 Å². The number of aryl methyl sites for hydroxylation is 5. The molecule has 0 aliphatic rings. The zero-order valence-electron chi connectivity index (χ0n) is 12.6. The number of rotatable bonds is 4. The van der Waals surface area contributed by atoms with Gasteiger partial charge in [-0.1, -0.05) is 34.1 Å². The summed E-state index contributed by atoms with van der Waals surface area (Å²) in [5.74, 6) is 1.90. The lowest BCUT2D eigenvalue weighted by Gasteiger charge is -2.14. The van der Waals surface area contributed by atoms with Crippen LogP contribution in [0.4, 0.5) is 0 Å². The van der Waals surface area contributed by atoms with E-state index in [0.29, 0.717) is 0 Å². The fraction of sp³-hybridized carbons (Fsp3) is 0.333. The molecule has 106 valence electrons. The van der Waals surface area contributed by atoms with Crippen LogP contribution in [0.2, 0.25) is 0 Å². The van der Waals surface area contributed by atoms with Crippen molar-refractivity contribution >= 4 is 15.9 Å². The van der Waals surface area contributed by atoms with Crippen molar-refractivity contribution in [2.24, 2.45) is 0 Å². The van der Waals surface area contributed by atoms with E-state index in [2.05, 4.69) is 74.0 Å². The van der Waals surface area contributed by atoms with Crippen molar-refractivity contribution in [2.75, 3.05) is 5.33 Å². The van der Waals surface area contributed by atoms with Gasteiger partial charge in [0, 0.05) is 5.33 Å². The fourth-order valence-corrected chi connectivity index (χ4v) is 3.02. The Balaban J connectivity index is 2.33. The summed E-state index contributed by atoms with van der Waals surface area (Å²) in [5, 5.41) is 0.989. The molecular formula is C18H21BrO. The lowest BCUT2D eigenvalue weighted by molar-refractivity contribution is 0.474. The van der Waals surface area contributed by atoms with Crippen molar-refractivity contribution in [3.8, 4) is 11.5 Å². The van der Waals surface area contributed by atoms with Gasteiger partial charge in [-0.15, -0.1) is 0 Å². The third-order valence-electron chi connectivity index (χ3n) is 3.32. The molecule has 0 saturated heterocycles. The Kier molecular flexibility index (Phi) is 4.87. The van der Waals surface area contributed by atoms with Gasteiger partial charge < -0.3 is 4.74 Å². The van der Waals surface area contributed by atoms with E-state index in [1.54, 1.807) is 0 Å². The Labute approximate surface area is 130 Å². The zero-order valence-corrected chi connectivity index (χ0v) is 14.2. The molecule has 0 aliphatic carbocycles. The van der Waals surface area contributed by atoms with Crippen LogP contribution in [-0.2, 0) is 6.42 Å². The van der Waals surface area contributed by atoms with Crippen LogP contribution in [0.25, 0.3) is 0 Å². The van der Waals surface area contributed by atoms with Crippen molar-refractivity contribution in [2.45, 2.75) is 34.1 Å². The van der Waals surface area contributed by atoms with E-state index < -0.39 is 0 Å². The molecule has 0 amide bonds. The Morgan fingerprint density at radius 3 is 1.90 bits per heavy atom. The van der Waals surface area contributed by atoms with E-state index in [1.807, 2.05) is 0 Å². The topological polar surface area (TPSA) is 9.23 Å². The number of hydrogen-bond acceptors (Lipinski definition) is 1. The van der Waals surface area contributed by atoms with Crippen LogP contribution < -0.4 is 4.74 Å². The van der Waals surface area contributed by atoms with E-state index >= 15 is 0 Å². The van der Waals surface area contributed by atoms with Gasteiger partial charge >= 0.3 is 0 Å². The van der Waals surface area contributed by atoms with E-state index in [0.717, 1.165) is 23.2 Å². The molecule has 0 bridgehead atoms. The van der Waals surface area contributed by atoms with Crippen molar-refractivity contribution in [3.05, 3.63) is 58.1 Å². The number of ether oxygens (including phenoxy) is 1. The molecule has 0 atom stereocenters. The van der Waals surface area contributed by atoms with Crippen LogP contribution in [0, 0.1) is 27.7 Å². The molecule has 0 N–H and O–H groups in total. The Hall–Kier alpha value is -1.28. The highest BCUT2D eigenvalue weighted by molar-refractivity contribution is 9.09. The number of halogens is 1. The molecule has 2 rings (SSSR count). The standard InChI is InChI=1S/C18H21BrO/c1-12-7-13(2)9-17(8-12)20-18-14(3)10-16(5-6-19)11-15(18)4/h7-11H,5-6H2,1-4H3. The molecule has 2 heteroatoms. The van der Waals surface area contributed by atoms with Crippen LogP contribution >= 0.6 is 15.9 Å². The predicted octanol–water partition coefficient (Wildman–Crippen LogP) is 5.65. The van der Waals surface area contributed by atoms with Crippen LogP contribution in [-0.4, -0.2) is 5.33 Å². The van der Waals surface area contributed by atoms with Gasteiger partial charge in [-0.3, -0.25) is 0 Å². The summed E-state index contributed by atoms with van der Waals surface area (Å²) in [6.07, 6.45) is 1.05. The van der Waals surface area contributed by atoms with Crippen molar-refractivity contribution in [3.63, 3.8) is 0 Å². The van der Waals surface area contributed by atoms with E-state index in [-0.39, 0.29) is 0 Å². The quantitative estimate of drug-likeness (QED) is 0.657. The molecule has 20 heavy (non-hydrogen) atoms. The third kappa shape index (κ3) is 3.63. The zero-order chi connectivity index (χ0) is 14.7. The third-order valence-corrected chi connectivity index (χ3v) is 3.71. The first kappa shape index (κ1) is 15.1. The minimum absolute atomic E-state index is 0.918. The molecule has 2 aromatic rings. The van der Waals surface area contributed by atoms with E-state index in [1.165, 1.54) is 27.8 Å². The Morgan fingerprint density at radius 2 is 1.40 bits per heavy atom. The summed E-state index contributed by atoms with van der Waals surface area (Å²) in [6.45, 7) is 8.42. The number of alkyl halides is 1. The second-order valence-corrected chi connectivity index (χ2v) is 6.22. The summed E-state index contributed by atoms with van der Waals surface area (Å²) < 4.78 is 6.12. The highest BCUT2D eigenvalue weighted by Gasteiger charge is 2.08. The SMILES string of the molecule is Cc1cc(C)cc(Oc2c(C)cc(CCBr)cc2C)c1. The molecule has 1 nitrogen and oxygen atoms in total. The molecule has 0 heterocycles. The molecule has 0 spiro atoms. The van der Waals surface area contributed by atoms with Crippen LogP contribution in [0.5, 0.6) is 11.5 Å². The predicted molar refractivity (Wildman–Crippen MR) is 89.4 cm³/mol. The van der Waals surface area contributed by atoms with Crippen molar-refractivity contribution in [1.29, 1.82) is 0 Å². The minimum Gasteiger partial charge on any atom is -0.457 e. The second-order valence-electron chi connectivity index (χ2n) is 5.42. The van der Waals surface area contributed by atoms with Gasteiger partial charge in [-0.2, -0.15) is 0 Å². The van der Waals surface area contributed by atoms with E-state index in [9.17, 15) is 0 Å². The fourth-order valence-electron chi connectivity index (χ4n) is 2.56. The summed E-state index contributed by atoms with van der Waals surface area (Å²) in [7, 11) is 0. The first-order valence-corrected chi connectivity index (χ1v) is 8.04. The normalized spacial score (nSPS) is 10.7. The van der Waals surface area contributed by atoms with Gasteiger partial charge in [-0.25, -0.2) is 0 Å². The Bertz CT molecular complexity index is 574. The van der Waals surface area contributed by atoms with Crippen molar-refractivity contribution in [1.82, 2.24) is 0 Å². The molecule has 0 unspecified atom stereocenters.